The maximum atomic E-state index is 5.88. The van der Waals surface area contributed by atoms with Gasteiger partial charge in [0.25, 0.3) is 0 Å². The van der Waals surface area contributed by atoms with Crippen molar-refractivity contribution in [1.29, 1.82) is 0 Å². The zero-order valence-corrected chi connectivity index (χ0v) is 9.78. The molecule has 88 valence electrons. The van der Waals surface area contributed by atoms with Crippen LogP contribution in [0, 0.1) is 5.92 Å². The van der Waals surface area contributed by atoms with Gasteiger partial charge in [0.15, 0.2) is 0 Å². The largest absolute Gasteiger partial charge is 0.381 e. The minimum atomic E-state index is 0.129. The van der Waals surface area contributed by atoms with Crippen molar-refractivity contribution in [2.24, 2.45) is 11.8 Å². The smallest absolute Gasteiger partial charge is 0.129 e. The summed E-state index contributed by atoms with van der Waals surface area (Å²) in [6.07, 6.45) is 3.75. The Bertz CT molecular complexity index is 342. The summed E-state index contributed by atoms with van der Waals surface area (Å²) in [4.78, 5) is 3.97. The van der Waals surface area contributed by atoms with Gasteiger partial charge >= 0.3 is 0 Å². The monoisotopic (exact) mass is 241 g/mol. The molecule has 1 fully saturated rings. The van der Waals surface area contributed by atoms with E-state index < -0.39 is 0 Å². The first-order chi connectivity index (χ1) is 7.81. The van der Waals surface area contributed by atoms with E-state index >= 15 is 0 Å². The maximum Gasteiger partial charge on any atom is 0.129 e. The van der Waals surface area contributed by atoms with Crippen LogP contribution >= 0.6 is 11.6 Å². The molecule has 0 aromatic carbocycles. The van der Waals surface area contributed by atoms with Crippen LogP contribution in [0.5, 0.6) is 0 Å². The van der Waals surface area contributed by atoms with Crippen molar-refractivity contribution in [3.05, 3.63) is 29.0 Å². The molecule has 1 atom stereocenters. The summed E-state index contributed by atoms with van der Waals surface area (Å²) in [5.41, 5.74) is 3.97. The Kier molecular flexibility index (Phi) is 4.12. The van der Waals surface area contributed by atoms with Crippen LogP contribution in [0.15, 0.2) is 18.3 Å². The average Bonchev–Trinajstić information content (AvgIpc) is 2.31. The number of pyridine rings is 1. The topological polar surface area (TPSA) is 60.2 Å². The lowest BCUT2D eigenvalue weighted by molar-refractivity contribution is 0.0536. The molecule has 0 bridgehead atoms. The van der Waals surface area contributed by atoms with E-state index in [9.17, 15) is 0 Å². The molecule has 1 aromatic heterocycles. The molecular formula is C11H16ClN3O. The Balaban J connectivity index is 2.14. The number of rotatable bonds is 3. The highest BCUT2D eigenvalue weighted by atomic mass is 35.5. The van der Waals surface area contributed by atoms with Crippen molar-refractivity contribution in [1.82, 2.24) is 10.4 Å². The number of hydrazine groups is 1. The molecule has 1 aliphatic rings. The lowest BCUT2D eigenvalue weighted by atomic mass is 9.88. The zero-order chi connectivity index (χ0) is 11.4. The molecule has 0 radical (unpaired) electrons. The summed E-state index contributed by atoms with van der Waals surface area (Å²) < 4.78 is 5.35. The first kappa shape index (κ1) is 11.8. The van der Waals surface area contributed by atoms with Crippen molar-refractivity contribution < 1.29 is 4.74 Å². The standard InChI is InChI=1S/C11H16ClN3O/c12-10-7-9(1-4-14-10)11(15-13)8-2-5-16-6-3-8/h1,4,7-8,11,15H,2-3,5-6,13H2. The van der Waals surface area contributed by atoms with Crippen LogP contribution < -0.4 is 11.3 Å². The Morgan fingerprint density at radius 3 is 2.88 bits per heavy atom. The third kappa shape index (κ3) is 2.71. The molecule has 1 aliphatic heterocycles. The zero-order valence-electron chi connectivity index (χ0n) is 9.03. The predicted molar refractivity (Wildman–Crippen MR) is 62.9 cm³/mol. The summed E-state index contributed by atoms with van der Waals surface area (Å²) >= 11 is 5.88. The SMILES string of the molecule is NNC(c1ccnc(Cl)c1)C1CCOCC1. The third-order valence-electron chi connectivity index (χ3n) is 3.03. The van der Waals surface area contributed by atoms with Crippen LogP contribution in [-0.2, 0) is 4.74 Å². The Morgan fingerprint density at radius 1 is 1.50 bits per heavy atom. The van der Waals surface area contributed by atoms with Crippen molar-refractivity contribution in [3.63, 3.8) is 0 Å². The van der Waals surface area contributed by atoms with Crippen LogP contribution in [0.1, 0.15) is 24.4 Å². The maximum absolute atomic E-state index is 5.88. The molecule has 1 unspecified atom stereocenters. The highest BCUT2D eigenvalue weighted by Crippen LogP contribution is 2.29. The summed E-state index contributed by atoms with van der Waals surface area (Å²) in [6, 6.07) is 3.94. The molecule has 0 spiro atoms. The minimum Gasteiger partial charge on any atom is -0.381 e. The molecule has 3 N–H and O–H groups in total. The first-order valence-electron chi connectivity index (χ1n) is 5.46. The highest BCUT2D eigenvalue weighted by Gasteiger charge is 2.24. The molecule has 5 heteroatoms. The number of nitrogens with one attached hydrogen (secondary N) is 1. The normalized spacial score (nSPS) is 19.6. The molecule has 0 saturated carbocycles. The average molecular weight is 242 g/mol. The Hall–Kier alpha value is -0.680. The molecule has 16 heavy (non-hydrogen) atoms. The Labute approximate surface area is 100 Å². The molecule has 0 aliphatic carbocycles. The minimum absolute atomic E-state index is 0.129. The van der Waals surface area contributed by atoms with Gasteiger partial charge in [-0.15, -0.1) is 0 Å². The molecule has 2 heterocycles. The number of aromatic nitrogens is 1. The van der Waals surface area contributed by atoms with Crippen LogP contribution in [-0.4, -0.2) is 18.2 Å². The van der Waals surface area contributed by atoms with Crippen molar-refractivity contribution in [2.75, 3.05) is 13.2 Å². The van der Waals surface area contributed by atoms with E-state index in [2.05, 4.69) is 10.4 Å². The second-order valence-corrected chi connectivity index (χ2v) is 4.39. The van der Waals surface area contributed by atoms with Gasteiger partial charge in [0.05, 0.1) is 0 Å². The lowest BCUT2D eigenvalue weighted by Crippen LogP contribution is -2.36. The van der Waals surface area contributed by atoms with Crippen molar-refractivity contribution >= 4 is 11.6 Å². The van der Waals surface area contributed by atoms with Crippen LogP contribution in [0.4, 0.5) is 0 Å². The number of halogens is 1. The molecule has 4 nitrogen and oxygen atoms in total. The second kappa shape index (κ2) is 5.59. The van der Waals surface area contributed by atoms with E-state index in [1.54, 1.807) is 6.20 Å². The van der Waals surface area contributed by atoms with Crippen LogP contribution in [0.3, 0.4) is 0 Å². The van der Waals surface area contributed by atoms with Gasteiger partial charge in [0, 0.05) is 25.5 Å². The van der Waals surface area contributed by atoms with E-state index in [-0.39, 0.29) is 6.04 Å². The van der Waals surface area contributed by atoms with E-state index in [0.717, 1.165) is 31.6 Å². The number of ether oxygens (including phenoxy) is 1. The molecule has 0 amide bonds. The second-order valence-electron chi connectivity index (χ2n) is 4.01. The molecule has 1 aromatic rings. The van der Waals surface area contributed by atoms with Gasteiger partial charge in [-0.1, -0.05) is 11.6 Å². The van der Waals surface area contributed by atoms with E-state index in [1.807, 2.05) is 12.1 Å². The fraction of sp³-hybridized carbons (Fsp3) is 0.545. The van der Waals surface area contributed by atoms with Gasteiger partial charge < -0.3 is 4.74 Å². The van der Waals surface area contributed by atoms with E-state index in [1.165, 1.54) is 0 Å². The number of nitrogens with zero attached hydrogens (tertiary/aromatic N) is 1. The van der Waals surface area contributed by atoms with E-state index in [4.69, 9.17) is 22.2 Å². The van der Waals surface area contributed by atoms with Gasteiger partial charge in [-0.2, -0.15) is 0 Å². The summed E-state index contributed by atoms with van der Waals surface area (Å²) in [5, 5.41) is 0.504. The lowest BCUT2D eigenvalue weighted by Gasteiger charge is -2.30. The molecule has 2 rings (SSSR count). The third-order valence-corrected chi connectivity index (χ3v) is 3.23. The summed E-state index contributed by atoms with van der Waals surface area (Å²) in [6.45, 7) is 1.61. The van der Waals surface area contributed by atoms with Gasteiger partial charge in [0.1, 0.15) is 5.15 Å². The fourth-order valence-corrected chi connectivity index (χ4v) is 2.35. The van der Waals surface area contributed by atoms with Crippen molar-refractivity contribution in [3.8, 4) is 0 Å². The summed E-state index contributed by atoms with van der Waals surface area (Å²) in [7, 11) is 0. The Morgan fingerprint density at radius 2 is 2.25 bits per heavy atom. The van der Waals surface area contributed by atoms with Crippen LogP contribution in [0.25, 0.3) is 0 Å². The molecular weight excluding hydrogens is 226 g/mol. The highest BCUT2D eigenvalue weighted by molar-refractivity contribution is 6.29. The first-order valence-corrected chi connectivity index (χ1v) is 5.84. The quantitative estimate of drug-likeness (QED) is 0.480. The number of hydrogen-bond acceptors (Lipinski definition) is 4. The number of nitrogens with two attached hydrogens (primary N) is 1. The number of hydrogen-bond donors (Lipinski definition) is 2. The van der Waals surface area contributed by atoms with Gasteiger partial charge in [0.2, 0.25) is 0 Å². The van der Waals surface area contributed by atoms with Crippen molar-refractivity contribution in [2.45, 2.75) is 18.9 Å². The predicted octanol–water partition coefficient (Wildman–Crippen LogP) is 1.67. The van der Waals surface area contributed by atoms with E-state index in [0.29, 0.717) is 11.1 Å². The molecule has 1 saturated heterocycles. The van der Waals surface area contributed by atoms with Gasteiger partial charge in [-0.25, -0.2) is 4.98 Å². The fourth-order valence-electron chi connectivity index (χ4n) is 2.16. The van der Waals surface area contributed by atoms with Crippen LogP contribution in [0.2, 0.25) is 5.15 Å². The summed E-state index contributed by atoms with van der Waals surface area (Å²) in [5.74, 6) is 6.13. The van der Waals surface area contributed by atoms with Gasteiger partial charge in [-0.3, -0.25) is 11.3 Å². The van der Waals surface area contributed by atoms with Gasteiger partial charge in [-0.05, 0) is 36.5 Å².